The lowest BCUT2D eigenvalue weighted by molar-refractivity contribution is -0.122. The SMILES string of the molecule is Cc1ccc(OCCC(=O)NC(C)C)c(N)c1. The van der Waals surface area contributed by atoms with Gasteiger partial charge in [-0.25, -0.2) is 0 Å². The zero-order chi connectivity index (χ0) is 12.8. The molecule has 0 spiro atoms. The van der Waals surface area contributed by atoms with Gasteiger partial charge >= 0.3 is 0 Å². The van der Waals surface area contributed by atoms with Crippen molar-refractivity contribution in [2.24, 2.45) is 0 Å². The van der Waals surface area contributed by atoms with Crippen LogP contribution in [-0.2, 0) is 4.79 Å². The highest BCUT2D eigenvalue weighted by molar-refractivity contribution is 5.76. The van der Waals surface area contributed by atoms with Crippen molar-refractivity contribution < 1.29 is 9.53 Å². The Bertz CT molecular complexity index is 389. The Labute approximate surface area is 102 Å². The average molecular weight is 236 g/mol. The fraction of sp³-hybridized carbons (Fsp3) is 0.462. The summed E-state index contributed by atoms with van der Waals surface area (Å²) in [5.41, 5.74) is 7.49. The van der Waals surface area contributed by atoms with Gasteiger partial charge in [0, 0.05) is 6.04 Å². The number of anilines is 1. The number of hydrogen-bond acceptors (Lipinski definition) is 3. The number of ether oxygens (including phenoxy) is 1. The molecule has 0 bridgehead atoms. The summed E-state index contributed by atoms with van der Waals surface area (Å²) in [6, 6.07) is 5.76. The Hall–Kier alpha value is -1.71. The van der Waals surface area contributed by atoms with Crippen LogP contribution in [0.25, 0.3) is 0 Å². The molecule has 4 nitrogen and oxygen atoms in total. The van der Waals surface area contributed by atoms with Crippen molar-refractivity contribution in [3.05, 3.63) is 23.8 Å². The molecule has 1 aromatic rings. The summed E-state index contributed by atoms with van der Waals surface area (Å²) in [6.45, 7) is 6.16. The third kappa shape index (κ3) is 4.76. The molecule has 0 heterocycles. The van der Waals surface area contributed by atoms with Gasteiger partial charge < -0.3 is 15.8 Å². The standard InChI is InChI=1S/C13H20N2O2/c1-9(2)15-13(16)6-7-17-12-5-4-10(3)8-11(12)14/h4-5,8-9H,6-7,14H2,1-3H3,(H,15,16). The summed E-state index contributed by atoms with van der Waals surface area (Å²) in [7, 11) is 0. The van der Waals surface area contributed by atoms with Gasteiger partial charge in [0.05, 0.1) is 18.7 Å². The molecular formula is C13H20N2O2. The third-order valence-electron chi connectivity index (χ3n) is 2.20. The highest BCUT2D eigenvalue weighted by Crippen LogP contribution is 2.22. The predicted molar refractivity (Wildman–Crippen MR) is 69.0 cm³/mol. The quantitative estimate of drug-likeness (QED) is 0.767. The molecule has 0 saturated carbocycles. The van der Waals surface area contributed by atoms with E-state index in [0.29, 0.717) is 24.5 Å². The second-order valence-corrected chi connectivity index (χ2v) is 4.36. The van der Waals surface area contributed by atoms with Crippen molar-refractivity contribution in [3.63, 3.8) is 0 Å². The van der Waals surface area contributed by atoms with Crippen LogP contribution in [0, 0.1) is 6.92 Å². The lowest BCUT2D eigenvalue weighted by Gasteiger charge is -2.11. The Morgan fingerprint density at radius 2 is 2.18 bits per heavy atom. The van der Waals surface area contributed by atoms with Crippen LogP contribution in [-0.4, -0.2) is 18.6 Å². The summed E-state index contributed by atoms with van der Waals surface area (Å²) in [5.74, 6) is 0.624. The average Bonchev–Trinajstić information content (AvgIpc) is 2.20. The second kappa shape index (κ2) is 6.13. The molecule has 0 unspecified atom stereocenters. The Kier molecular flexibility index (Phi) is 4.82. The molecule has 1 aromatic carbocycles. The number of benzene rings is 1. The largest absolute Gasteiger partial charge is 0.491 e. The van der Waals surface area contributed by atoms with E-state index in [4.69, 9.17) is 10.5 Å². The number of carbonyl (C=O) groups excluding carboxylic acids is 1. The second-order valence-electron chi connectivity index (χ2n) is 4.36. The van der Waals surface area contributed by atoms with E-state index in [9.17, 15) is 4.79 Å². The number of rotatable bonds is 5. The summed E-state index contributed by atoms with van der Waals surface area (Å²) < 4.78 is 5.46. The van der Waals surface area contributed by atoms with Crippen LogP contribution in [0.1, 0.15) is 25.8 Å². The first-order valence-electron chi connectivity index (χ1n) is 5.77. The van der Waals surface area contributed by atoms with E-state index >= 15 is 0 Å². The van der Waals surface area contributed by atoms with E-state index in [1.807, 2.05) is 39.0 Å². The summed E-state index contributed by atoms with van der Waals surface area (Å²) in [6.07, 6.45) is 0.339. The lowest BCUT2D eigenvalue weighted by atomic mass is 10.2. The molecule has 17 heavy (non-hydrogen) atoms. The molecule has 1 rings (SSSR count). The molecular weight excluding hydrogens is 216 g/mol. The Morgan fingerprint density at radius 3 is 2.76 bits per heavy atom. The topological polar surface area (TPSA) is 64.3 Å². The van der Waals surface area contributed by atoms with Crippen LogP contribution in [0.3, 0.4) is 0 Å². The van der Waals surface area contributed by atoms with E-state index in [1.54, 1.807) is 0 Å². The molecule has 3 N–H and O–H groups in total. The molecule has 94 valence electrons. The van der Waals surface area contributed by atoms with Crippen molar-refractivity contribution in [1.29, 1.82) is 0 Å². The van der Waals surface area contributed by atoms with Crippen LogP contribution in [0.4, 0.5) is 5.69 Å². The van der Waals surface area contributed by atoms with Crippen LogP contribution in [0.5, 0.6) is 5.75 Å². The summed E-state index contributed by atoms with van der Waals surface area (Å²) in [4.78, 5) is 11.4. The Balaban J connectivity index is 2.38. The summed E-state index contributed by atoms with van der Waals surface area (Å²) >= 11 is 0. The molecule has 0 aliphatic rings. The fourth-order valence-corrected chi connectivity index (χ4v) is 1.45. The van der Waals surface area contributed by atoms with Crippen molar-refractivity contribution in [2.45, 2.75) is 33.2 Å². The van der Waals surface area contributed by atoms with Gasteiger partial charge in [0.1, 0.15) is 5.75 Å². The minimum Gasteiger partial charge on any atom is -0.491 e. The number of aryl methyl sites for hydroxylation is 1. The maximum atomic E-state index is 11.4. The van der Waals surface area contributed by atoms with Gasteiger partial charge in [0.25, 0.3) is 0 Å². The van der Waals surface area contributed by atoms with Gasteiger partial charge in [-0.15, -0.1) is 0 Å². The van der Waals surface area contributed by atoms with Gasteiger partial charge in [0.2, 0.25) is 5.91 Å². The third-order valence-corrected chi connectivity index (χ3v) is 2.20. The monoisotopic (exact) mass is 236 g/mol. The smallest absolute Gasteiger partial charge is 0.223 e. The van der Waals surface area contributed by atoms with Gasteiger partial charge in [-0.1, -0.05) is 6.07 Å². The van der Waals surface area contributed by atoms with Crippen LogP contribution >= 0.6 is 0 Å². The highest BCUT2D eigenvalue weighted by Gasteiger charge is 2.05. The number of nitrogens with two attached hydrogens (primary N) is 1. The first kappa shape index (κ1) is 13.4. The predicted octanol–water partition coefficient (Wildman–Crippen LogP) is 1.87. The molecule has 0 saturated heterocycles. The minimum absolute atomic E-state index is 0.00863. The molecule has 0 radical (unpaired) electrons. The maximum Gasteiger partial charge on any atom is 0.223 e. The Morgan fingerprint density at radius 1 is 1.47 bits per heavy atom. The zero-order valence-electron chi connectivity index (χ0n) is 10.6. The number of amides is 1. The molecule has 0 fully saturated rings. The van der Waals surface area contributed by atoms with Crippen LogP contribution < -0.4 is 15.8 Å². The van der Waals surface area contributed by atoms with Crippen molar-refractivity contribution in [3.8, 4) is 5.75 Å². The molecule has 4 heteroatoms. The molecule has 0 aliphatic heterocycles. The first-order valence-corrected chi connectivity index (χ1v) is 5.77. The highest BCUT2D eigenvalue weighted by atomic mass is 16.5. The van der Waals surface area contributed by atoms with E-state index in [-0.39, 0.29) is 11.9 Å². The van der Waals surface area contributed by atoms with E-state index in [2.05, 4.69) is 5.32 Å². The molecule has 0 aromatic heterocycles. The number of nitrogen functional groups attached to an aromatic ring is 1. The lowest BCUT2D eigenvalue weighted by Crippen LogP contribution is -2.31. The van der Waals surface area contributed by atoms with E-state index in [1.165, 1.54) is 0 Å². The normalized spacial score (nSPS) is 10.4. The molecule has 0 atom stereocenters. The van der Waals surface area contributed by atoms with Gasteiger partial charge in [-0.2, -0.15) is 0 Å². The maximum absolute atomic E-state index is 11.4. The van der Waals surface area contributed by atoms with Gasteiger partial charge in [-0.05, 0) is 38.5 Å². The first-order chi connectivity index (χ1) is 7.99. The van der Waals surface area contributed by atoms with Gasteiger partial charge in [-0.3, -0.25) is 4.79 Å². The fourth-order valence-electron chi connectivity index (χ4n) is 1.45. The minimum atomic E-state index is -0.00863. The van der Waals surface area contributed by atoms with E-state index < -0.39 is 0 Å². The van der Waals surface area contributed by atoms with E-state index in [0.717, 1.165) is 5.56 Å². The van der Waals surface area contributed by atoms with Crippen molar-refractivity contribution >= 4 is 11.6 Å². The molecule has 1 amide bonds. The van der Waals surface area contributed by atoms with Crippen molar-refractivity contribution in [2.75, 3.05) is 12.3 Å². The van der Waals surface area contributed by atoms with Crippen LogP contribution in [0.15, 0.2) is 18.2 Å². The number of carbonyl (C=O) groups is 1. The number of nitrogens with one attached hydrogen (secondary N) is 1. The van der Waals surface area contributed by atoms with Gasteiger partial charge in [0.15, 0.2) is 0 Å². The zero-order valence-corrected chi connectivity index (χ0v) is 10.6. The van der Waals surface area contributed by atoms with Crippen LogP contribution in [0.2, 0.25) is 0 Å². The summed E-state index contributed by atoms with van der Waals surface area (Å²) in [5, 5.41) is 2.80. The van der Waals surface area contributed by atoms with Crippen molar-refractivity contribution in [1.82, 2.24) is 5.32 Å². The number of hydrogen-bond donors (Lipinski definition) is 2. The molecule has 0 aliphatic carbocycles.